The van der Waals surface area contributed by atoms with Gasteiger partial charge in [0, 0.05) is 6.42 Å². The molecule has 7 nitrogen and oxygen atoms in total. The van der Waals surface area contributed by atoms with Gasteiger partial charge in [-0.15, -0.1) is 0 Å². The van der Waals surface area contributed by atoms with Gasteiger partial charge in [0.15, 0.2) is 0 Å². The maximum Gasteiger partial charge on any atom is 0.355 e. The third-order valence-electron chi connectivity index (χ3n) is 7.39. The third-order valence-corrected chi connectivity index (χ3v) is 7.39. The van der Waals surface area contributed by atoms with Gasteiger partial charge in [-0.05, 0) is 19.8 Å². The van der Waals surface area contributed by atoms with Crippen molar-refractivity contribution < 1.29 is 33.2 Å². The van der Waals surface area contributed by atoms with E-state index in [9.17, 15) is 4.79 Å². The number of esters is 1. The zero-order chi connectivity index (χ0) is 21.4. The second-order valence-electron chi connectivity index (χ2n) is 9.77. The van der Waals surface area contributed by atoms with Crippen LogP contribution in [0.15, 0.2) is 0 Å². The van der Waals surface area contributed by atoms with E-state index in [1.165, 1.54) is 77.0 Å². The van der Waals surface area contributed by atoms with Crippen LogP contribution in [0.25, 0.3) is 0 Å². The van der Waals surface area contributed by atoms with Gasteiger partial charge in [-0.1, -0.05) is 83.5 Å². The van der Waals surface area contributed by atoms with Gasteiger partial charge in [-0.25, -0.2) is 0 Å². The van der Waals surface area contributed by atoms with Crippen molar-refractivity contribution in [3.8, 4) is 0 Å². The van der Waals surface area contributed by atoms with Crippen LogP contribution in [-0.2, 0) is 33.2 Å². The van der Waals surface area contributed by atoms with Crippen molar-refractivity contribution in [2.24, 2.45) is 0 Å². The molecule has 5 fully saturated rings. The summed E-state index contributed by atoms with van der Waals surface area (Å²) in [6.07, 6.45) is 19.7. The molecule has 7 heteroatoms. The number of epoxide rings is 4. The summed E-state index contributed by atoms with van der Waals surface area (Å²) < 4.78 is 32.8. The topological polar surface area (TPSA) is 85.7 Å². The first-order valence-corrected chi connectivity index (χ1v) is 12.8. The van der Waals surface area contributed by atoms with Crippen LogP contribution >= 0.6 is 0 Å². The molecule has 31 heavy (non-hydrogen) atoms. The van der Waals surface area contributed by atoms with Crippen LogP contribution in [-0.4, -0.2) is 42.0 Å². The van der Waals surface area contributed by atoms with Crippen LogP contribution in [0.4, 0.5) is 0 Å². The van der Waals surface area contributed by atoms with E-state index in [1.54, 1.807) is 0 Å². The van der Waals surface area contributed by atoms with E-state index in [0.29, 0.717) is 13.0 Å². The summed E-state index contributed by atoms with van der Waals surface area (Å²) in [6.45, 7) is 2.35. The normalized spacial score (nSPS) is 39.7. The van der Waals surface area contributed by atoms with E-state index in [1.807, 2.05) is 6.92 Å². The van der Waals surface area contributed by atoms with Crippen LogP contribution in [0.2, 0.25) is 0 Å². The first kappa shape index (κ1) is 22.1. The summed E-state index contributed by atoms with van der Waals surface area (Å²) in [5, 5.41) is 0. The van der Waals surface area contributed by atoms with Gasteiger partial charge in [0.25, 0.3) is 11.6 Å². The van der Waals surface area contributed by atoms with Crippen LogP contribution in [0.1, 0.15) is 110 Å². The number of carbonyl (C=O) groups is 1. The number of unbranched alkanes of at least 4 members (excludes halogenated alkanes) is 13. The molecule has 3 atom stereocenters. The highest BCUT2D eigenvalue weighted by Crippen LogP contribution is 2.93. The Hall–Kier alpha value is -0.730. The smallest absolute Gasteiger partial charge is 0.355 e. The molecule has 0 aromatic rings. The molecule has 2 spiro atoms. The highest BCUT2D eigenvalue weighted by Gasteiger charge is 3.23. The molecule has 0 bridgehead atoms. The predicted molar refractivity (Wildman–Crippen MR) is 111 cm³/mol. The van der Waals surface area contributed by atoms with E-state index in [4.69, 9.17) is 28.4 Å². The Labute approximate surface area is 185 Å². The molecule has 0 radical (unpaired) electrons. The van der Waals surface area contributed by atoms with Gasteiger partial charge < -0.3 is 9.47 Å². The molecule has 0 saturated carbocycles. The largest absolute Gasteiger partial charge is 0.466 e. The lowest BCUT2D eigenvalue weighted by Gasteiger charge is -2.08. The first-order chi connectivity index (χ1) is 15.1. The number of carbonyl (C=O) groups excluding carboxylic acids is 1. The Balaban J connectivity index is 0.750. The van der Waals surface area contributed by atoms with Crippen LogP contribution in [0, 0.1) is 0 Å². The average molecular weight is 439 g/mol. The van der Waals surface area contributed by atoms with Gasteiger partial charge >= 0.3 is 17.7 Å². The minimum atomic E-state index is -0.723. The number of rotatable bonds is 18. The number of ether oxygens (including phenoxy) is 6. The highest BCUT2D eigenvalue weighted by atomic mass is 17.3. The number of hydrogen-bond donors (Lipinski definition) is 0. The van der Waals surface area contributed by atoms with Gasteiger partial charge in [-0.2, -0.15) is 0 Å². The average Bonchev–Trinajstić information content (AvgIpc) is 3.65. The zero-order valence-electron chi connectivity index (χ0n) is 19.0. The maximum absolute atomic E-state index is 11.2. The molecule has 5 rings (SSSR count). The summed E-state index contributed by atoms with van der Waals surface area (Å²) in [6, 6.07) is 0. The lowest BCUT2D eigenvalue weighted by Crippen LogP contribution is -2.41. The van der Waals surface area contributed by atoms with Crippen molar-refractivity contribution in [1.82, 2.24) is 0 Å². The van der Waals surface area contributed by atoms with E-state index >= 15 is 0 Å². The van der Waals surface area contributed by atoms with E-state index < -0.39 is 23.3 Å². The molecular formula is C24H38O7. The molecule has 3 unspecified atom stereocenters. The first-order valence-electron chi connectivity index (χ1n) is 12.8. The Bertz CT molecular complexity index is 660. The van der Waals surface area contributed by atoms with Crippen molar-refractivity contribution >= 4 is 5.97 Å². The van der Waals surface area contributed by atoms with Gasteiger partial charge in [-0.3, -0.25) is 23.7 Å². The molecule has 5 saturated heterocycles. The lowest BCUT2D eigenvalue weighted by atomic mass is 10.0. The Morgan fingerprint density at radius 3 is 1.71 bits per heavy atom. The summed E-state index contributed by atoms with van der Waals surface area (Å²) >= 11 is 0. The third kappa shape index (κ3) is 3.84. The second-order valence-corrected chi connectivity index (χ2v) is 9.77. The van der Waals surface area contributed by atoms with Crippen molar-refractivity contribution in [1.29, 1.82) is 0 Å². The molecule has 0 aromatic heterocycles. The maximum atomic E-state index is 11.2. The summed E-state index contributed by atoms with van der Waals surface area (Å²) in [5.74, 6) is -2.60. The van der Waals surface area contributed by atoms with Crippen LogP contribution in [0.3, 0.4) is 0 Å². The number of fused-ring (bicyclic) bond motifs is 1. The summed E-state index contributed by atoms with van der Waals surface area (Å²) in [7, 11) is 0. The van der Waals surface area contributed by atoms with Crippen LogP contribution in [0.5, 0.6) is 0 Å². The fourth-order valence-corrected chi connectivity index (χ4v) is 5.33. The highest BCUT2D eigenvalue weighted by molar-refractivity contribution is 5.69. The quantitative estimate of drug-likeness (QED) is 0.168. The molecule has 0 aromatic carbocycles. The van der Waals surface area contributed by atoms with Crippen molar-refractivity contribution in [2.75, 3.05) is 6.61 Å². The van der Waals surface area contributed by atoms with E-state index in [2.05, 4.69) is 0 Å². The minimum Gasteiger partial charge on any atom is -0.466 e. The zero-order valence-corrected chi connectivity index (χ0v) is 19.0. The van der Waals surface area contributed by atoms with Gasteiger partial charge in [0.2, 0.25) is 0 Å². The molecule has 176 valence electrons. The molecule has 5 heterocycles. The second kappa shape index (κ2) is 8.56. The Morgan fingerprint density at radius 2 is 1.23 bits per heavy atom. The molecule has 5 aliphatic rings. The minimum absolute atomic E-state index is 0.0457. The lowest BCUT2D eigenvalue weighted by molar-refractivity contribution is -0.166. The monoisotopic (exact) mass is 438 g/mol. The van der Waals surface area contributed by atoms with Gasteiger partial charge in [0.05, 0.1) is 6.61 Å². The molecule has 0 N–H and O–H groups in total. The standard InChI is InChI=1S/C24H38O7/c1-2-26-20(25)18-16-14-12-10-8-6-4-3-5-7-9-11-13-15-17-19-21(27-19)22(28-21)23-24(29-22,30-23)31-23/h19H,2-18H2,1H3. The van der Waals surface area contributed by atoms with Crippen LogP contribution < -0.4 is 0 Å². The Morgan fingerprint density at radius 1 is 0.710 bits per heavy atom. The molecular weight excluding hydrogens is 400 g/mol. The van der Waals surface area contributed by atoms with Gasteiger partial charge in [0.1, 0.15) is 6.10 Å². The van der Waals surface area contributed by atoms with Crippen molar-refractivity contribution in [2.45, 2.75) is 139 Å². The fraction of sp³-hybridized carbons (Fsp3) is 0.958. The molecule has 5 aliphatic heterocycles. The summed E-state index contributed by atoms with van der Waals surface area (Å²) in [4.78, 5) is 11.2. The Kier molecular flexibility index (Phi) is 6.10. The summed E-state index contributed by atoms with van der Waals surface area (Å²) in [5.41, 5.74) is 0. The van der Waals surface area contributed by atoms with E-state index in [0.717, 1.165) is 19.3 Å². The predicted octanol–water partition coefficient (Wildman–Crippen LogP) is 5.05. The number of hydrogen-bond acceptors (Lipinski definition) is 7. The van der Waals surface area contributed by atoms with Crippen molar-refractivity contribution in [3.63, 3.8) is 0 Å². The molecule has 0 amide bonds. The van der Waals surface area contributed by atoms with Crippen molar-refractivity contribution in [3.05, 3.63) is 0 Å². The molecule has 0 aliphatic carbocycles. The SMILES string of the molecule is CCOC(=O)CCCCCCCCCCCCCCCCC1OC12OC21OC23OC21O3. The van der Waals surface area contributed by atoms with E-state index in [-0.39, 0.29) is 12.1 Å². The fourth-order valence-electron chi connectivity index (χ4n) is 5.33.